The van der Waals surface area contributed by atoms with E-state index in [0.717, 1.165) is 23.7 Å². The SMILES string of the molecule is CC1(C)Cc2cccc(OCC(N)c3ccco3)c2O1. The average Bonchev–Trinajstić information content (AvgIpc) is 3.01. The molecule has 20 heavy (non-hydrogen) atoms. The van der Waals surface area contributed by atoms with Crippen LogP contribution in [-0.2, 0) is 6.42 Å². The largest absolute Gasteiger partial charge is 0.488 e. The minimum Gasteiger partial charge on any atom is -0.488 e. The van der Waals surface area contributed by atoms with E-state index in [1.807, 2.05) is 24.3 Å². The Labute approximate surface area is 118 Å². The molecule has 1 aliphatic rings. The zero-order valence-corrected chi connectivity index (χ0v) is 11.8. The van der Waals surface area contributed by atoms with Crippen LogP contribution in [0.3, 0.4) is 0 Å². The van der Waals surface area contributed by atoms with Crippen molar-refractivity contribution >= 4 is 0 Å². The molecule has 4 heteroatoms. The third kappa shape index (κ3) is 2.51. The van der Waals surface area contributed by atoms with Crippen LogP contribution in [0.15, 0.2) is 41.0 Å². The van der Waals surface area contributed by atoms with Crippen LogP contribution in [0.5, 0.6) is 11.5 Å². The summed E-state index contributed by atoms with van der Waals surface area (Å²) in [5, 5.41) is 0. The zero-order chi connectivity index (χ0) is 14.2. The van der Waals surface area contributed by atoms with Gasteiger partial charge in [0.15, 0.2) is 11.5 Å². The van der Waals surface area contributed by atoms with E-state index >= 15 is 0 Å². The molecule has 3 rings (SSSR count). The van der Waals surface area contributed by atoms with E-state index in [4.69, 9.17) is 19.6 Å². The van der Waals surface area contributed by atoms with Crippen LogP contribution < -0.4 is 15.2 Å². The maximum Gasteiger partial charge on any atom is 0.165 e. The number of fused-ring (bicyclic) bond motifs is 1. The summed E-state index contributed by atoms with van der Waals surface area (Å²) < 4.78 is 17.1. The van der Waals surface area contributed by atoms with Gasteiger partial charge in [0.1, 0.15) is 18.0 Å². The van der Waals surface area contributed by atoms with Crippen LogP contribution in [0.1, 0.15) is 31.2 Å². The number of para-hydroxylation sites is 1. The number of hydrogen-bond acceptors (Lipinski definition) is 4. The first-order valence-corrected chi connectivity index (χ1v) is 6.78. The van der Waals surface area contributed by atoms with E-state index < -0.39 is 0 Å². The Bertz CT molecular complexity index is 590. The number of rotatable bonds is 4. The van der Waals surface area contributed by atoms with Gasteiger partial charge in [-0.1, -0.05) is 12.1 Å². The molecule has 2 heterocycles. The van der Waals surface area contributed by atoms with E-state index in [1.165, 1.54) is 5.56 Å². The summed E-state index contributed by atoms with van der Waals surface area (Å²) >= 11 is 0. The highest BCUT2D eigenvalue weighted by atomic mass is 16.5. The van der Waals surface area contributed by atoms with Crippen molar-refractivity contribution < 1.29 is 13.9 Å². The molecule has 1 unspecified atom stereocenters. The molecule has 0 saturated heterocycles. The van der Waals surface area contributed by atoms with E-state index in [2.05, 4.69) is 19.9 Å². The highest BCUT2D eigenvalue weighted by Crippen LogP contribution is 2.41. The Morgan fingerprint density at radius 3 is 2.90 bits per heavy atom. The van der Waals surface area contributed by atoms with Crippen molar-refractivity contribution in [3.05, 3.63) is 47.9 Å². The topological polar surface area (TPSA) is 57.6 Å². The molecule has 0 amide bonds. The van der Waals surface area contributed by atoms with Crippen LogP contribution >= 0.6 is 0 Å². The van der Waals surface area contributed by atoms with Crippen molar-refractivity contribution in [2.75, 3.05) is 6.61 Å². The van der Waals surface area contributed by atoms with Crippen molar-refractivity contribution in [1.82, 2.24) is 0 Å². The van der Waals surface area contributed by atoms with Gasteiger partial charge in [-0.25, -0.2) is 0 Å². The van der Waals surface area contributed by atoms with Crippen molar-refractivity contribution in [2.24, 2.45) is 5.73 Å². The molecule has 0 radical (unpaired) electrons. The Morgan fingerprint density at radius 2 is 2.15 bits per heavy atom. The molecule has 2 N–H and O–H groups in total. The van der Waals surface area contributed by atoms with Gasteiger partial charge < -0.3 is 19.6 Å². The Balaban J connectivity index is 1.72. The van der Waals surface area contributed by atoms with Gasteiger partial charge >= 0.3 is 0 Å². The normalized spacial score (nSPS) is 17.4. The maximum absolute atomic E-state index is 6.03. The predicted molar refractivity (Wildman–Crippen MR) is 76.0 cm³/mol. The van der Waals surface area contributed by atoms with E-state index in [-0.39, 0.29) is 11.6 Å². The minimum atomic E-state index is -0.282. The van der Waals surface area contributed by atoms with Crippen LogP contribution in [0.2, 0.25) is 0 Å². The lowest BCUT2D eigenvalue weighted by molar-refractivity contribution is 0.131. The number of nitrogens with two attached hydrogens (primary N) is 1. The van der Waals surface area contributed by atoms with Crippen molar-refractivity contribution in [3.8, 4) is 11.5 Å². The van der Waals surface area contributed by atoms with Gasteiger partial charge in [0, 0.05) is 12.0 Å². The van der Waals surface area contributed by atoms with Gasteiger partial charge in [0.05, 0.1) is 12.3 Å². The molecule has 1 aromatic heterocycles. The lowest BCUT2D eigenvalue weighted by Gasteiger charge is -2.18. The van der Waals surface area contributed by atoms with Gasteiger partial charge in [-0.05, 0) is 32.0 Å². The molecule has 1 aromatic carbocycles. The third-order valence-corrected chi connectivity index (χ3v) is 3.38. The van der Waals surface area contributed by atoms with Gasteiger partial charge in [0.25, 0.3) is 0 Å². The van der Waals surface area contributed by atoms with Crippen molar-refractivity contribution in [1.29, 1.82) is 0 Å². The highest BCUT2D eigenvalue weighted by molar-refractivity contribution is 5.50. The molecule has 0 saturated carbocycles. The Morgan fingerprint density at radius 1 is 1.30 bits per heavy atom. The van der Waals surface area contributed by atoms with Crippen molar-refractivity contribution in [3.63, 3.8) is 0 Å². The fraction of sp³-hybridized carbons (Fsp3) is 0.375. The summed E-state index contributed by atoms with van der Waals surface area (Å²) in [5.74, 6) is 2.30. The van der Waals surface area contributed by atoms with Gasteiger partial charge in [-0.15, -0.1) is 0 Å². The highest BCUT2D eigenvalue weighted by Gasteiger charge is 2.32. The molecule has 2 aromatic rings. The zero-order valence-electron chi connectivity index (χ0n) is 11.8. The molecule has 1 atom stereocenters. The fourth-order valence-corrected chi connectivity index (χ4v) is 2.46. The first kappa shape index (κ1) is 13.1. The summed E-state index contributed by atoms with van der Waals surface area (Å²) in [5.41, 5.74) is 7.03. The predicted octanol–water partition coefficient (Wildman–Crippen LogP) is 3.07. The van der Waals surface area contributed by atoms with Crippen LogP contribution in [0, 0.1) is 0 Å². The second-order valence-electron chi connectivity index (χ2n) is 5.72. The summed E-state index contributed by atoms with van der Waals surface area (Å²) in [6, 6.07) is 9.36. The lowest BCUT2D eigenvalue weighted by atomic mass is 10.0. The second-order valence-corrected chi connectivity index (χ2v) is 5.72. The first-order chi connectivity index (χ1) is 9.55. The van der Waals surface area contributed by atoms with Crippen LogP contribution in [0.25, 0.3) is 0 Å². The standard InChI is InChI=1S/C16H19NO3/c1-16(2)9-11-5-3-6-14(15(11)20-16)19-10-12(17)13-7-4-8-18-13/h3-8,12H,9-10,17H2,1-2H3. The molecule has 0 spiro atoms. The quantitative estimate of drug-likeness (QED) is 0.930. The Kier molecular flexibility index (Phi) is 3.18. The van der Waals surface area contributed by atoms with Crippen molar-refractivity contribution in [2.45, 2.75) is 31.9 Å². The van der Waals surface area contributed by atoms with Gasteiger partial charge in [-0.3, -0.25) is 0 Å². The van der Waals surface area contributed by atoms with Crippen LogP contribution in [0.4, 0.5) is 0 Å². The summed E-state index contributed by atoms with van der Waals surface area (Å²) in [4.78, 5) is 0. The van der Waals surface area contributed by atoms with E-state index in [0.29, 0.717) is 6.61 Å². The summed E-state index contributed by atoms with van der Waals surface area (Å²) in [6.07, 6.45) is 2.50. The lowest BCUT2D eigenvalue weighted by Crippen LogP contribution is -2.25. The van der Waals surface area contributed by atoms with Gasteiger partial charge in [-0.2, -0.15) is 0 Å². The Hall–Kier alpha value is -1.94. The minimum absolute atomic E-state index is 0.176. The molecule has 4 nitrogen and oxygen atoms in total. The molecule has 106 valence electrons. The van der Waals surface area contributed by atoms with Gasteiger partial charge in [0.2, 0.25) is 0 Å². The number of ether oxygens (including phenoxy) is 2. The summed E-state index contributed by atoms with van der Waals surface area (Å²) in [6.45, 7) is 4.50. The molecule has 0 aliphatic carbocycles. The smallest absolute Gasteiger partial charge is 0.165 e. The fourth-order valence-electron chi connectivity index (χ4n) is 2.46. The molecular weight excluding hydrogens is 254 g/mol. The molecule has 0 fully saturated rings. The first-order valence-electron chi connectivity index (χ1n) is 6.78. The number of benzene rings is 1. The summed E-state index contributed by atoms with van der Waals surface area (Å²) in [7, 11) is 0. The second kappa shape index (κ2) is 4.87. The maximum atomic E-state index is 6.03. The molecular formula is C16H19NO3. The number of hydrogen-bond donors (Lipinski definition) is 1. The third-order valence-electron chi connectivity index (χ3n) is 3.38. The average molecular weight is 273 g/mol. The number of furan rings is 1. The van der Waals surface area contributed by atoms with E-state index in [1.54, 1.807) is 6.26 Å². The molecule has 1 aliphatic heterocycles. The monoisotopic (exact) mass is 273 g/mol. The van der Waals surface area contributed by atoms with Crippen LogP contribution in [-0.4, -0.2) is 12.2 Å². The molecule has 0 bridgehead atoms. The van der Waals surface area contributed by atoms with E-state index in [9.17, 15) is 0 Å².